The van der Waals surface area contributed by atoms with E-state index in [1.54, 1.807) is 30.1 Å². The fraction of sp³-hybridized carbons (Fsp3) is 0.458. The number of fused-ring (bicyclic) bond motifs is 2. The van der Waals surface area contributed by atoms with Gasteiger partial charge in [-0.2, -0.15) is 0 Å². The second-order valence-electron chi connectivity index (χ2n) is 8.89. The Morgan fingerprint density at radius 3 is 2.59 bits per heavy atom. The molecule has 168 valence electrons. The lowest BCUT2D eigenvalue weighted by atomic mass is 9.75. The Hall–Kier alpha value is -2.97. The van der Waals surface area contributed by atoms with Gasteiger partial charge in [0, 0.05) is 19.6 Å². The highest BCUT2D eigenvalue weighted by molar-refractivity contribution is 5.99. The van der Waals surface area contributed by atoms with Crippen LogP contribution >= 0.6 is 0 Å². The third-order valence-electron chi connectivity index (χ3n) is 6.95. The van der Waals surface area contributed by atoms with Crippen molar-refractivity contribution in [2.24, 2.45) is 11.8 Å². The molecule has 1 aromatic rings. The molecule has 2 fully saturated rings. The maximum atomic E-state index is 13.9. The number of nitrogens with zero attached hydrogens (tertiary/aromatic N) is 2. The van der Waals surface area contributed by atoms with E-state index in [0.717, 1.165) is 5.56 Å². The number of aliphatic hydroxyl groups excluding tert-OH is 1. The van der Waals surface area contributed by atoms with E-state index < -0.39 is 35.0 Å². The maximum absolute atomic E-state index is 13.9. The quantitative estimate of drug-likeness (QED) is 0.548. The number of rotatable bonds is 4. The first-order valence-corrected chi connectivity index (χ1v) is 10.9. The molecule has 0 aliphatic carbocycles. The molecule has 0 aromatic heterocycles. The molecule has 5 rings (SSSR count). The molecule has 0 saturated carbocycles. The number of esters is 1. The van der Waals surface area contributed by atoms with Crippen molar-refractivity contribution in [1.29, 1.82) is 0 Å². The number of hydrogen-bond acceptors (Lipinski definition) is 6. The number of aliphatic hydroxyl groups is 1. The van der Waals surface area contributed by atoms with Crippen molar-refractivity contribution in [2.45, 2.75) is 30.7 Å². The number of carbonyl (C=O) groups excluding carboxylic acids is 3. The van der Waals surface area contributed by atoms with E-state index in [1.807, 2.05) is 36.4 Å². The smallest absolute Gasteiger partial charge is 0.313 e. The Morgan fingerprint density at radius 2 is 1.84 bits per heavy atom. The summed E-state index contributed by atoms with van der Waals surface area (Å²) in [5.74, 6) is -2.93. The summed E-state index contributed by atoms with van der Waals surface area (Å²) in [5, 5.41) is 9.65. The SMILES string of the molecule is C[C@]12C=CCOC(=O)[C@H]1[C@H]1C(=O)N(CCO)C3C(=O)N(Cc4ccccc4)CC=C[C@@]31O2. The van der Waals surface area contributed by atoms with Crippen molar-refractivity contribution in [1.82, 2.24) is 9.80 Å². The van der Waals surface area contributed by atoms with Crippen molar-refractivity contribution in [3.63, 3.8) is 0 Å². The highest BCUT2D eigenvalue weighted by atomic mass is 16.6. The van der Waals surface area contributed by atoms with Gasteiger partial charge in [-0.1, -0.05) is 48.6 Å². The number of β-amino-alcohol motifs (C(OH)–C–C–N with tert-alkyl or cyclic N) is 1. The van der Waals surface area contributed by atoms with Crippen molar-refractivity contribution >= 4 is 17.8 Å². The Labute approximate surface area is 186 Å². The number of amides is 2. The summed E-state index contributed by atoms with van der Waals surface area (Å²) in [6.45, 7) is 2.30. The number of benzene rings is 1. The zero-order chi connectivity index (χ0) is 22.5. The second-order valence-corrected chi connectivity index (χ2v) is 8.89. The van der Waals surface area contributed by atoms with Gasteiger partial charge in [0.1, 0.15) is 24.2 Å². The predicted molar refractivity (Wildman–Crippen MR) is 113 cm³/mol. The van der Waals surface area contributed by atoms with Crippen LogP contribution in [0.25, 0.3) is 0 Å². The lowest BCUT2D eigenvalue weighted by Crippen LogP contribution is -2.56. The predicted octanol–water partition coefficient (Wildman–Crippen LogP) is 0.661. The first kappa shape index (κ1) is 20.9. The van der Waals surface area contributed by atoms with Gasteiger partial charge in [-0.25, -0.2) is 0 Å². The van der Waals surface area contributed by atoms with E-state index in [9.17, 15) is 19.5 Å². The van der Waals surface area contributed by atoms with Gasteiger partial charge in [0.25, 0.3) is 0 Å². The number of carbonyl (C=O) groups is 3. The number of ether oxygens (including phenoxy) is 2. The van der Waals surface area contributed by atoms with Crippen LogP contribution in [0.3, 0.4) is 0 Å². The molecule has 5 atom stereocenters. The summed E-state index contributed by atoms with van der Waals surface area (Å²) in [7, 11) is 0. The molecule has 32 heavy (non-hydrogen) atoms. The van der Waals surface area contributed by atoms with Crippen LogP contribution in [0.2, 0.25) is 0 Å². The zero-order valence-corrected chi connectivity index (χ0v) is 17.8. The van der Waals surface area contributed by atoms with E-state index in [0.29, 0.717) is 13.1 Å². The minimum Gasteiger partial charge on any atom is -0.461 e. The van der Waals surface area contributed by atoms with E-state index >= 15 is 0 Å². The van der Waals surface area contributed by atoms with E-state index in [1.165, 1.54) is 4.90 Å². The molecule has 1 N–H and O–H groups in total. The summed E-state index contributed by atoms with van der Waals surface area (Å²) < 4.78 is 11.9. The standard InChI is InChI=1S/C24H26N2O6/c1-23-9-6-14-31-22(30)18(23)17-20(28)26(12-13-27)19-21(29)25(11-5-10-24(17,19)32-23)15-16-7-3-2-4-8-16/h2-10,17-19,27H,11-15H2,1H3/t17-,18+,19?,23-,24-/m0/s1. The van der Waals surface area contributed by atoms with Gasteiger partial charge < -0.3 is 24.4 Å². The van der Waals surface area contributed by atoms with E-state index in [2.05, 4.69) is 0 Å². The summed E-state index contributed by atoms with van der Waals surface area (Å²) in [6.07, 6.45) is 7.10. The van der Waals surface area contributed by atoms with Crippen LogP contribution in [0, 0.1) is 11.8 Å². The topological polar surface area (TPSA) is 96.4 Å². The molecule has 1 unspecified atom stereocenters. The van der Waals surface area contributed by atoms with Crippen molar-refractivity contribution < 1.29 is 29.0 Å². The Kier molecular flexibility index (Phi) is 4.94. The molecule has 4 heterocycles. The fourth-order valence-electron chi connectivity index (χ4n) is 5.70. The van der Waals surface area contributed by atoms with Crippen LogP contribution in [-0.4, -0.2) is 76.2 Å². The first-order valence-electron chi connectivity index (χ1n) is 10.9. The van der Waals surface area contributed by atoms with E-state index in [4.69, 9.17) is 9.47 Å². The average Bonchev–Trinajstić information content (AvgIpc) is 3.03. The van der Waals surface area contributed by atoms with E-state index in [-0.39, 0.29) is 31.6 Å². The molecule has 0 radical (unpaired) electrons. The van der Waals surface area contributed by atoms with Crippen molar-refractivity contribution in [3.05, 3.63) is 60.2 Å². The highest BCUT2D eigenvalue weighted by Gasteiger charge is 2.74. The molecule has 2 amide bonds. The van der Waals surface area contributed by atoms with Crippen LogP contribution in [0.15, 0.2) is 54.6 Å². The van der Waals surface area contributed by atoms with Crippen LogP contribution < -0.4 is 0 Å². The lowest BCUT2D eigenvalue weighted by Gasteiger charge is -2.37. The van der Waals surface area contributed by atoms with Gasteiger partial charge in [0.15, 0.2) is 0 Å². The summed E-state index contributed by atoms with van der Waals surface area (Å²) >= 11 is 0. The molecular weight excluding hydrogens is 412 g/mol. The minimum atomic E-state index is -1.31. The first-order chi connectivity index (χ1) is 15.4. The Bertz CT molecular complexity index is 1010. The number of likely N-dealkylation sites (tertiary alicyclic amines) is 1. The molecule has 1 aromatic carbocycles. The fourth-order valence-corrected chi connectivity index (χ4v) is 5.70. The van der Waals surface area contributed by atoms with Gasteiger partial charge in [-0.15, -0.1) is 0 Å². The minimum absolute atomic E-state index is 0.0157. The summed E-state index contributed by atoms with van der Waals surface area (Å²) in [4.78, 5) is 43.4. The molecular formula is C24H26N2O6. The van der Waals surface area contributed by atoms with Gasteiger partial charge in [-0.05, 0) is 18.6 Å². The Balaban J connectivity index is 1.59. The second kappa shape index (κ2) is 7.56. The molecule has 2 saturated heterocycles. The molecule has 4 aliphatic rings. The van der Waals surface area contributed by atoms with Gasteiger partial charge >= 0.3 is 5.97 Å². The lowest BCUT2D eigenvalue weighted by molar-refractivity contribution is -0.158. The molecule has 4 aliphatic heterocycles. The van der Waals surface area contributed by atoms with Crippen molar-refractivity contribution in [2.75, 3.05) is 26.3 Å². The van der Waals surface area contributed by atoms with Gasteiger partial charge in [-0.3, -0.25) is 14.4 Å². The molecule has 1 spiro atoms. The zero-order valence-electron chi connectivity index (χ0n) is 17.8. The van der Waals surface area contributed by atoms with Gasteiger partial charge in [0.05, 0.1) is 18.1 Å². The largest absolute Gasteiger partial charge is 0.461 e. The van der Waals surface area contributed by atoms with Crippen LogP contribution in [0.1, 0.15) is 12.5 Å². The molecule has 0 bridgehead atoms. The number of cyclic esters (lactones) is 1. The Morgan fingerprint density at radius 1 is 1.06 bits per heavy atom. The molecule has 8 heteroatoms. The van der Waals surface area contributed by atoms with Crippen molar-refractivity contribution in [3.8, 4) is 0 Å². The van der Waals surface area contributed by atoms with Crippen LogP contribution in [-0.2, 0) is 30.4 Å². The maximum Gasteiger partial charge on any atom is 0.313 e. The monoisotopic (exact) mass is 438 g/mol. The normalized spacial score (nSPS) is 35.8. The molecule has 8 nitrogen and oxygen atoms in total. The summed E-state index contributed by atoms with van der Waals surface area (Å²) in [5.41, 5.74) is -1.42. The third-order valence-corrected chi connectivity index (χ3v) is 6.95. The third kappa shape index (κ3) is 2.93. The summed E-state index contributed by atoms with van der Waals surface area (Å²) in [6, 6.07) is 8.65. The van der Waals surface area contributed by atoms with Crippen LogP contribution in [0.4, 0.5) is 0 Å². The van der Waals surface area contributed by atoms with Crippen LogP contribution in [0.5, 0.6) is 0 Å². The van der Waals surface area contributed by atoms with Gasteiger partial charge in [0.2, 0.25) is 11.8 Å². The highest BCUT2D eigenvalue weighted by Crippen LogP contribution is 2.57. The average molecular weight is 438 g/mol. The number of hydrogen-bond donors (Lipinski definition) is 1.